The van der Waals surface area contributed by atoms with E-state index in [0.29, 0.717) is 33.9 Å². The summed E-state index contributed by atoms with van der Waals surface area (Å²) in [6, 6.07) is 18.2. The smallest absolute Gasteiger partial charge is 0.323 e. The number of amides is 4. The Kier molecular flexibility index (Phi) is 11.5. The Balaban J connectivity index is 1.32. The number of anilines is 3. The van der Waals surface area contributed by atoms with E-state index in [-0.39, 0.29) is 31.2 Å². The number of para-hydroxylation sites is 1. The number of carbonyl (C=O) groups is 4. The second-order valence-corrected chi connectivity index (χ2v) is 11.1. The number of carboxylic acid groups (broad SMARTS) is 1. The molecule has 1 atom stereocenters. The van der Waals surface area contributed by atoms with Crippen LogP contribution in [0.4, 0.5) is 21.9 Å². The molecule has 0 radical (unpaired) electrons. The van der Waals surface area contributed by atoms with Crippen LogP contribution in [-0.4, -0.2) is 85.6 Å². The van der Waals surface area contributed by atoms with Gasteiger partial charge in [0, 0.05) is 37.6 Å². The van der Waals surface area contributed by atoms with Crippen molar-refractivity contribution >= 4 is 40.9 Å². The van der Waals surface area contributed by atoms with Crippen molar-refractivity contribution < 1.29 is 29.0 Å². The predicted molar refractivity (Wildman–Crippen MR) is 173 cm³/mol. The fraction of sp³-hybridized carbons (Fsp3) is 0.333. The Morgan fingerprint density at radius 2 is 1.56 bits per heavy atom. The fourth-order valence-electron chi connectivity index (χ4n) is 5.00. The molecule has 238 valence electrons. The van der Waals surface area contributed by atoms with Gasteiger partial charge < -0.3 is 36.0 Å². The van der Waals surface area contributed by atoms with E-state index in [1.165, 1.54) is 7.11 Å². The van der Waals surface area contributed by atoms with E-state index in [1.54, 1.807) is 42.5 Å². The molecule has 0 aliphatic carbocycles. The first-order chi connectivity index (χ1) is 21.6. The third kappa shape index (κ3) is 10.1. The first-order valence-electron chi connectivity index (χ1n) is 14.7. The Morgan fingerprint density at radius 1 is 0.867 bits per heavy atom. The molecule has 12 nitrogen and oxygen atoms in total. The van der Waals surface area contributed by atoms with E-state index in [4.69, 9.17) is 4.74 Å². The van der Waals surface area contributed by atoms with Crippen LogP contribution >= 0.6 is 0 Å². The number of aliphatic carboxylic acids is 1. The number of aryl methyl sites for hydroxylation is 1. The molecule has 1 aliphatic rings. The maximum atomic E-state index is 12.8. The Bertz CT molecular complexity index is 1500. The summed E-state index contributed by atoms with van der Waals surface area (Å²) in [5, 5.41) is 20.7. The van der Waals surface area contributed by atoms with Crippen LogP contribution in [0, 0.1) is 6.92 Å². The lowest BCUT2D eigenvalue weighted by Crippen LogP contribution is -2.48. The molecule has 45 heavy (non-hydrogen) atoms. The number of carboxylic acids is 1. The number of benzene rings is 3. The molecule has 4 amide bonds. The zero-order chi connectivity index (χ0) is 32.3. The van der Waals surface area contributed by atoms with Gasteiger partial charge in [-0.2, -0.15) is 0 Å². The third-order valence-electron chi connectivity index (χ3n) is 7.55. The number of nitrogens with zero attached hydrogens (tertiary/aromatic N) is 2. The number of piperazine rings is 1. The third-order valence-corrected chi connectivity index (χ3v) is 7.55. The van der Waals surface area contributed by atoms with Crippen LogP contribution in [0.5, 0.6) is 5.75 Å². The van der Waals surface area contributed by atoms with Crippen LogP contribution in [0.25, 0.3) is 0 Å². The van der Waals surface area contributed by atoms with Gasteiger partial charge in [0.2, 0.25) is 11.8 Å². The number of hydrogen-bond acceptors (Lipinski definition) is 7. The maximum Gasteiger partial charge on any atom is 0.323 e. The second kappa shape index (κ2) is 15.7. The molecule has 1 saturated heterocycles. The minimum Gasteiger partial charge on any atom is -0.495 e. The standard InChI is InChI=1S/C33H40N6O6/c1-22-6-4-5-7-26(22)36-33(44)37-27-13-8-23(18-29(27)45-3)19-30(40)34-25-11-9-24(10-12-25)28(20-32(42)43)35-31(41)21-39-16-14-38(2)15-17-39/h4-13,18,28H,14-17,19-21H2,1-3H3,(H,34,40)(H,35,41)(H,42,43)(H2,36,37,44)/t28-/m1/s1. The van der Waals surface area contributed by atoms with Gasteiger partial charge in [0.05, 0.1) is 38.2 Å². The normalized spacial score (nSPS) is 14.2. The summed E-state index contributed by atoms with van der Waals surface area (Å²) in [7, 11) is 3.52. The van der Waals surface area contributed by atoms with Crippen molar-refractivity contribution in [2.45, 2.75) is 25.8 Å². The van der Waals surface area contributed by atoms with Crippen molar-refractivity contribution in [1.82, 2.24) is 15.1 Å². The molecule has 0 bridgehead atoms. The lowest BCUT2D eigenvalue weighted by atomic mass is 10.0. The minimum atomic E-state index is -1.03. The van der Waals surface area contributed by atoms with Crippen LogP contribution < -0.4 is 26.0 Å². The number of hydrogen-bond donors (Lipinski definition) is 5. The van der Waals surface area contributed by atoms with Crippen molar-refractivity contribution in [2.24, 2.45) is 0 Å². The SMILES string of the molecule is COc1cc(CC(=O)Nc2ccc([C@@H](CC(=O)O)NC(=O)CN3CCN(C)CC3)cc2)ccc1NC(=O)Nc1ccccc1C. The molecule has 5 N–H and O–H groups in total. The van der Waals surface area contributed by atoms with Crippen molar-refractivity contribution in [2.75, 3.05) is 62.8 Å². The molecule has 1 aliphatic heterocycles. The van der Waals surface area contributed by atoms with Crippen molar-refractivity contribution in [3.8, 4) is 5.75 Å². The molecule has 3 aromatic carbocycles. The average molecular weight is 617 g/mol. The summed E-state index contributed by atoms with van der Waals surface area (Å²) in [6.45, 7) is 5.42. The van der Waals surface area contributed by atoms with Crippen LogP contribution in [0.3, 0.4) is 0 Å². The van der Waals surface area contributed by atoms with Crippen molar-refractivity contribution in [3.05, 3.63) is 83.4 Å². The van der Waals surface area contributed by atoms with Gasteiger partial charge in [-0.25, -0.2) is 4.79 Å². The van der Waals surface area contributed by atoms with Gasteiger partial charge in [0.25, 0.3) is 0 Å². The molecular formula is C33H40N6O6. The van der Waals surface area contributed by atoms with E-state index in [0.717, 1.165) is 31.7 Å². The number of rotatable bonds is 12. The maximum absolute atomic E-state index is 12.8. The van der Waals surface area contributed by atoms with E-state index in [2.05, 4.69) is 31.1 Å². The summed E-state index contributed by atoms with van der Waals surface area (Å²) in [5.74, 6) is -1.12. The highest BCUT2D eigenvalue weighted by atomic mass is 16.5. The summed E-state index contributed by atoms with van der Waals surface area (Å²) in [5.41, 5.74) is 3.91. The van der Waals surface area contributed by atoms with Crippen LogP contribution in [0.15, 0.2) is 66.7 Å². The van der Waals surface area contributed by atoms with Crippen LogP contribution in [-0.2, 0) is 20.8 Å². The van der Waals surface area contributed by atoms with Crippen molar-refractivity contribution in [3.63, 3.8) is 0 Å². The van der Waals surface area contributed by atoms with Crippen LogP contribution in [0.1, 0.15) is 29.2 Å². The van der Waals surface area contributed by atoms with Gasteiger partial charge in [-0.3, -0.25) is 19.3 Å². The first-order valence-corrected chi connectivity index (χ1v) is 14.7. The summed E-state index contributed by atoms with van der Waals surface area (Å²) >= 11 is 0. The fourth-order valence-corrected chi connectivity index (χ4v) is 5.00. The molecule has 12 heteroatoms. The monoisotopic (exact) mass is 616 g/mol. The molecule has 1 heterocycles. The molecule has 0 aromatic heterocycles. The Morgan fingerprint density at radius 3 is 2.22 bits per heavy atom. The van der Waals surface area contributed by atoms with Gasteiger partial charge >= 0.3 is 12.0 Å². The molecule has 1 fully saturated rings. The number of carbonyl (C=O) groups excluding carboxylic acids is 3. The molecule has 0 spiro atoms. The summed E-state index contributed by atoms with van der Waals surface area (Å²) in [4.78, 5) is 53.8. The van der Waals surface area contributed by atoms with Gasteiger partial charge in [0.15, 0.2) is 0 Å². The zero-order valence-corrected chi connectivity index (χ0v) is 25.8. The second-order valence-electron chi connectivity index (χ2n) is 11.1. The van der Waals surface area contributed by atoms with E-state index >= 15 is 0 Å². The molecule has 3 aromatic rings. The van der Waals surface area contributed by atoms with Crippen molar-refractivity contribution in [1.29, 1.82) is 0 Å². The summed E-state index contributed by atoms with van der Waals surface area (Å²) < 4.78 is 5.45. The van der Waals surface area contributed by atoms with Gasteiger partial charge in [-0.15, -0.1) is 0 Å². The largest absolute Gasteiger partial charge is 0.495 e. The Hall–Kier alpha value is -4.94. The number of urea groups is 1. The van der Waals surface area contributed by atoms with E-state index < -0.39 is 18.0 Å². The number of ether oxygens (including phenoxy) is 1. The highest BCUT2D eigenvalue weighted by Crippen LogP contribution is 2.27. The number of nitrogens with one attached hydrogen (secondary N) is 4. The Labute approximate surface area is 262 Å². The quantitative estimate of drug-likeness (QED) is 0.207. The highest BCUT2D eigenvalue weighted by Gasteiger charge is 2.22. The average Bonchev–Trinajstić information content (AvgIpc) is 3.00. The molecular weight excluding hydrogens is 576 g/mol. The predicted octanol–water partition coefficient (Wildman–Crippen LogP) is 3.71. The molecule has 0 unspecified atom stereocenters. The zero-order valence-electron chi connectivity index (χ0n) is 25.8. The van der Waals surface area contributed by atoms with Crippen LogP contribution in [0.2, 0.25) is 0 Å². The number of likely N-dealkylation sites (N-methyl/N-ethyl adjacent to an activating group) is 1. The van der Waals surface area contributed by atoms with Gasteiger partial charge in [-0.1, -0.05) is 36.4 Å². The van der Waals surface area contributed by atoms with Gasteiger partial charge in [-0.05, 0) is 61.0 Å². The number of methoxy groups -OCH3 is 1. The highest BCUT2D eigenvalue weighted by molar-refractivity contribution is 6.01. The van der Waals surface area contributed by atoms with E-state index in [1.807, 2.05) is 38.2 Å². The minimum absolute atomic E-state index is 0.0534. The first kappa shape index (κ1) is 33.0. The molecule has 0 saturated carbocycles. The topological polar surface area (TPSA) is 152 Å². The lowest BCUT2D eigenvalue weighted by molar-refractivity contribution is -0.137. The van der Waals surface area contributed by atoms with E-state index in [9.17, 15) is 24.3 Å². The lowest BCUT2D eigenvalue weighted by Gasteiger charge is -2.32. The molecule has 4 rings (SSSR count). The van der Waals surface area contributed by atoms with Gasteiger partial charge in [0.1, 0.15) is 5.75 Å². The summed E-state index contributed by atoms with van der Waals surface area (Å²) in [6.07, 6.45) is -0.210.